The maximum atomic E-state index is 12.3. The van der Waals surface area contributed by atoms with E-state index in [0.717, 1.165) is 0 Å². The van der Waals surface area contributed by atoms with Gasteiger partial charge < -0.3 is 10.6 Å². The first-order chi connectivity index (χ1) is 10.6. The number of nitrogens with one attached hydrogen (secondary N) is 2. The average molecular weight is 311 g/mol. The molecule has 1 heterocycles. The Morgan fingerprint density at radius 3 is 2.45 bits per heavy atom. The molecule has 2 N–H and O–H groups in total. The molecule has 120 valence electrons. The minimum absolute atomic E-state index is 0.00852. The van der Waals surface area contributed by atoms with Crippen molar-refractivity contribution in [2.45, 2.75) is 25.3 Å². The normalized spacial score (nSPS) is 16.5. The van der Waals surface area contributed by atoms with Crippen LogP contribution in [0.15, 0.2) is 24.3 Å². The summed E-state index contributed by atoms with van der Waals surface area (Å²) >= 11 is 0. The molecule has 2 amide bonds. The van der Waals surface area contributed by atoms with E-state index in [-0.39, 0.29) is 18.5 Å². The van der Waals surface area contributed by atoms with Gasteiger partial charge in [-0.25, -0.2) is 8.78 Å². The number of likely N-dealkylation sites (tertiary alicyclic amines) is 1. The van der Waals surface area contributed by atoms with E-state index in [2.05, 4.69) is 10.6 Å². The summed E-state index contributed by atoms with van der Waals surface area (Å²) in [5.41, 5.74) is 1.12. The summed E-state index contributed by atoms with van der Waals surface area (Å²) in [6.07, 6.45) is -0.404. The van der Waals surface area contributed by atoms with Crippen molar-refractivity contribution in [3.8, 4) is 0 Å². The van der Waals surface area contributed by atoms with Crippen molar-refractivity contribution >= 4 is 18.0 Å². The molecule has 0 unspecified atom stereocenters. The number of hydrogen-bond acceptors (Lipinski definition) is 3. The van der Waals surface area contributed by atoms with Gasteiger partial charge in [0.25, 0.3) is 12.3 Å². The molecule has 0 aromatic heterocycles. The number of nitrogens with zero attached hydrogens (tertiary/aromatic N) is 1. The molecule has 2 rings (SSSR count). The predicted octanol–water partition coefficient (Wildman–Crippen LogP) is 1.71. The van der Waals surface area contributed by atoms with Crippen LogP contribution in [-0.4, -0.2) is 49.3 Å². The molecule has 1 aliphatic heterocycles. The number of piperidine rings is 1. The number of anilines is 1. The molecule has 1 aliphatic rings. The number of alkyl halides is 2. The van der Waals surface area contributed by atoms with E-state index in [4.69, 9.17) is 0 Å². The average Bonchev–Trinajstić information content (AvgIpc) is 2.50. The summed E-state index contributed by atoms with van der Waals surface area (Å²) in [5, 5.41) is 5.41. The monoisotopic (exact) mass is 311 g/mol. The van der Waals surface area contributed by atoms with Crippen LogP contribution in [0.25, 0.3) is 0 Å². The summed E-state index contributed by atoms with van der Waals surface area (Å²) in [5.74, 6) is -0.190. The van der Waals surface area contributed by atoms with E-state index in [1.807, 2.05) is 0 Å². The summed E-state index contributed by atoms with van der Waals surface area (Å²) in [4.78, 5) is 24.1. The lowest BCUT2D eigenvalue weighted by Gasteiger charge is -2.32. The zero-order valence-electron chi connectivity index (χ0n) is 12.1. The molecule has 1 aromatic rings. The van der Waals surface area contributed by atoms with Crippen LogP contribution in [0, 0.1) is 0 Å². The van der Waals surface area contributed by atoms with E-state index >= 15 is 0 Å². The quantitative estimate of drug-likeness (QED) is 0.786. The molecule has 1 fully saturated rings. The maximum Gasteiger partial charge on any atom is 0.251 e. The Kier molecular flexibility index (Phi) is 5.83. The highest BCUT2D eigenvalue weighted by atomic mass is 19.3. The van der Waals surface area contributed by atoms with Gasteiger partial charge in [0, 0.05) is 30.4 Å². The number of halogens is 2. The topological polar surface area (TPSA) is 61.4 Å². The summed E-state index contributed by atoms with van der Waals surface area (Å²) in [6.45, 7) is 0.931. The van der Waals surface area contributed by atoms with Crippen LogP contribution in [0.1, 0.15) is 23.2 Å². The minimum atomic E-state index is -2.32. The first-order valence-corrected chi connectivity index (χ1v) is 7.20. The van der Waals surface area contributed by atoms with E-state index < -0.39 is 6.43 Å². The van der Waals surface area contributed by atoms with Gasteiger partial charge in [-0.05, 0) is 37.1 Å². The first-order valence-electron chi connectivity index (χ1n) is 7.20. The fraction of sp³-hybridized carbons (Fsp3) is 0.467. The first kappa shape index (κ1) is 16.4. The van der Waals surface area contributed by atoms with Gasteiger partial charge in [-0.2, -0.15) is 0 Å². The molecule has 0 bridgehead atoms. The van der Waals surface area contributed by atoms with Crippen LogP contribution >= 0.6 is 0 Å². The number of rotatable bonds is 6. The van der Waals surface area contributed by atoms with Crippen LogP contribution in [0.2, 0.25) is 0 Å². The second-order valence-corrected chi connectivity index (χ2v) is 5.28. The van der Waals surface area contributed by atoms with Gasteiger partial charge in [0.1, 0.15) is 0 Å². The fourth-order valence-electron chi connectivity index (χ4n) is 2.51. The Labute approximate surface area is 127 Å². The lowest BCUT2D eigenvalue weighted by atomic mass is 10.0. The molecule has 5 nitrogen and oxygen atoms in total. The van der Waals surface area contributed by atoms with Gasteiger partial charge in [0.05, 0.1) is 6.54 Å². The third kappa shape index (κ3) is 4.77. The summed E-state index contributed by atoms with van der Waals surface area (Å²) in [6, 6.07) is 6.57. The third-order valence-electron chi connectivity index (χ3n) is 3.69. The van der Waals surface area contributed by atoms with Crippen molar-refractivity contribution in [3.05, 3.63) is 29.8 Å². The number of carbonyl (C=O) groups is 2. The number of benzene rings is 1. The van der Waals surface area contributed by atoms with Crippen LogP contribution in [0.5, 0.6) is 0 Å². The van der Waals surface area contributed by atoms with Crippen molar-refractivity contribution in [3.63, 3.8) is 0 Å². The second kappa shape index (κ2) is 7.84. The largest absolute Gasteiger partial charge is 0.349 e. The van der Waals surface area contributed by atoms with E-state index in [9.17, 15) is 18.4 Å². The highest BCUT2D eigenvalue weighted by Gasteiger charge is 2.22. The van der Waals surface area contributed by atoms with Gasteiger partial charge in [0.2, 0.25) is 6.41 Å². The maximum absolute atomic E-state index is 12.3. The molecule has 0 atom stereocenters. The van der Waals surface area contributed by atoms with Crippen LogP contribution in [0.3, 0.4) is 0 Å². The Bertz CT molecular complexity index is 500. The number of hydrogen-bond donors (Lipinski definition) is 2. The molecule has 0 aliphatic carbocycles. The van der Waals surface area contributed by atoms with Gasteiger partial charge >= 0.3 is 0 Å². The molecule has 0 spiro atoms. The van der Waals surface area contributed by atoms with Gasteiger partial charge in [-0.3, -0.25) is 14.5 Å². The summed E-state index contributed by atoms with van der Waals surface area (Å²) < 4.78 is 24.6. The lowest BCUT2D eigenvalue weighted by Crippen LogP contribution is -2.45. The Morgan fingerprint density at radius 1 is 1.27 bits per heavy atom. The smallest absolute Gasteiger partial charge is 0.251 e. The molecule has 0 radical (unpaired) electrons. The van der Waals surface area contributed by atoms with Crippen molar-refractivity contribution < 1.29 is 18.4 Å². The summed E-state index contributed by atoms with van der Waals surface area (Å²) in [7, 11) is 0. The van der Waals surface area contributed by atoms with Crippen molar-refractivity contribution in [1.82, 2.24) is 10.2 Å². The van der Waals surface area contributed by atoms with E-state index in [1.165, 1.54) is 0 Å². The van der Waals surface area contributed by atoms with Crippen LogP contribution in [-0.2, 0) is 4.79 Å². The highest BCUT2D eigenvalue weighted by molar-refractivity contribution is 5.94. The molecule has 1 saturated heterocycles. The molecule has 22 heavy (non-hydrogen) atoms. The Morgan fingerprint density at radius 2 is 1.91 bits per heavy atom. The molecular weight excluding hydrogens is 292 g/mol. The predicted molar refractivity (Wildman–Crippen MR) is 79.1 cm³/mol. The molecule has 7 heteroatoms. The Balaban J connectivity index is 1.81. The second-order valence-electron chi connectivity index (χ2n) is 5.28. The number of amides is 2. The zero-order valence-corrected chi connectivity index (χ0v) is 12.1. The highest BCUT2D eigenvalue weighted by Crippen LogP contribution is 2.13. The van der Waals surface area contributed by atoms with Gasteiger partial charge in [0.15, 0.2) is 0 Å². The van der Waals surface area contributed by atoms with Crippen molar-refractivity contribution in [2.75, 3.05) is 25.0 Å². The third-order valence-corrected chi connectivity index (χ3v) is 3.69. The fourth-order valence-corrected chi connectivity index (χ4v) is 2.51. The van der Waals surface area contributed by atoms with E-state index in [1.54, 1.807) is 29.2 Å². The number of carbonyl (C=O) groups excluding carboxylic acids is 2. The SMILES string of the molecule is O=CNc1ccc(C(=O)NC2CCN(CC(F)F)CC2)cc1. The minimum Gasteiger partial charge on any atom is -0.349 e. The molecule has 0 saturated carbocycles. The Hall–Kier alpha value is -2.02. The van der Waals surface area contributed by atoms with Gasteiger partial charge in [-0.15, -0.1) is 0 Å². The van der Waals surface area contributed by atoms with Crippen LogP contribution in [0.4, 0.5) is 14.5 Å². The van der Waals surface area contributed by atoms with Crippen molar-refractivity contribution in [1.29, 1.82) is 0 Å². The zero-order chi connectivity index (χ0) is 15.9. The van der Waals surface area contributed by atoms with Crippen molar-refractivity contribution in [2.24, 2.45) is 0 Å². The van der Waals surface area contributed by atoms with Gasteiger partial charge in [-0.1, -0.05) is 0 Å². The van der Waals surface area contributed by atoms with Crippen LogP contribution < -0.4 is 10.6 Å². The molecule has 1 aromatic carbocycles. The molecular formula is C15H19F2N3O2. The van der Waals surface area contributed by atoms with E-state index in [0.29, 0.717) is 43.6 Å². The lowest BCUT2D eigenvalue weighted by molar-refractivity contribution is -0.105. The standard InChI is InChI=1S/C15H19F2N3O2/c16-14(17)9-20-7-5-13(6-8-20)19-15(22)11-1-3-12(4-2-11)18-10-21/h1-4,10,13-14H,5-9H2,(H,18,21)(H,19,22).